The SMILES string of the molecule is Cc1ccccc1CC(=O)C1=C(O)C(CCc2ccccc2)OC1=O. The number of Topliss-reactive ketones (excluding diaryl/α,β-unsaturated/α-hetero) is 1. The molecule has 3 rings (SSSR count). The van der Waals surface area contributed by atoms with Crippen LogP contribution in [0.4, 0.5) is 0 Å². The quantitative estimate of drug-likeness (QED) is 0.648. The van der Waals surface area contributed by atoms with Gasteiger partial charge < -0.3 is 9.84 Å². The van der Waals surface area contributed by atoms with Crippen LogP contribution in [0.25, 0.3) is 0 Å². The van der Waals surface area contributed by atoms with Crippen LogP contribution in [-0.4, -0.2) is 23.0 Å². The maximum absolute atomic E-state index is 12.5. The average molecular weight is 336 g/mol. The maximum atomic E-state index is 12.5. The van der Waals surface area contributed by atoms with Gasteiger partial charge in [0.2, 0.25) is 0 Å². The Kier molecular flexibility index (Phi) is 4.98. The van der Waals surface area contributed by atoms with Crippen LogP contribution in [0.2, 0.25) is 0 Å². The van der Waals surface area contributed by atoms with Gasteiger partial charge in [-0.2, -0.15) is 0 Å². The fraction of sp³-hybridized carbons (Fsp3) is 0.238. The van der Waals surface area contributed by atoms with Crippen molar-refractivity contribution >= 4 is 11.8 Å². The van der Waals surface area contributed by atoms with Crippen molar-refractivity contribution < 1.29 is 19.4 Å². The minimum absolute atomic E-state index is 0.0760. The van der Waals surface area contributed by atoms with Crippen LogP contribution in [0.1, 0.15) is 23.1 Å². The van der Waals surface area contributed by atoms with Crippen LogP contribution in [0.3, 0.4) is 0 Å². The zero-order valence-electron chi connectivity index (χ0n) is 14.1. The Morgan fingerprint density at radius 3 is 2.48 bits per heavy atom. The molecule has 0 radical (unpaired) electrons. The lowest BCUT2D eigenvalue weighted by Gasteiger charge is -2.09. The normalized spacial score (nSPS) is 16.8. The van der Waals surface area contributed by atoms with Gasteiger partial charge in [0.25, 0.3) is 0 Å². The second-order valence-electron chi connectivity index (χ2n) is 6.20. The molecule has 0 saturated carbocycles. The third-order valence-electron chi connectivity index (χ3n) is 4.44. The van der Waals surface area contributed by atoms with E-state index < -0.39 is 17.9 Å². The number of esters is 1. The summed E-state index contributed by atoms with van der Waals surface area (Å²) in [5.41, 5.74) is 2.70. The Hall–Kier alpha value is -2.88. The van der Waals surface area contributed by atoms with Gasteiger partial charge in [-0.15, -0.1) is 0 Å². The molecule has 0 amide bonds. The Bertz CT molecular complexity index is 821. The van der Waals surface area contributed by atoms with Gasteiger partial charge >= 0.3 is 5.97 Å². The van der Waals surface area contributed by atoms with Crippen molar-refractivity contribution in [2.45, 2.75) is 32.3 Å². The smallest absolute Gasteiger partial charge is 0.346 e. The van der Waals surface area contributed by atoms with Crippen molar-refractivity contribution in [3.63, 3.8) is 0 Å². The summed E-state index contributed by atoms with van der Waals surface area (Å²) >= 11 is 0. The summed E-state index contributed by atoms with van der Waals surface area (Å²) in [4.78, 5) is 24.6. The second-order valence-corrected chi connectivity index (χ2v) is 6.20. The number of ether oxygens (including phenoxy) is 1. The number of aliphatic hydroxyl groups excluding tert-OH is 1. The lowest BCUT2D eigenvalue weighted by atomic mass is 9.98. The summed E-state index contributed by atoms with van der Waals surface area (Å²) in [7, 11) is 0. The van der Waals surface area contributed by atoms with Gasteiger partial charge in [-0.1, -0.05) is 54.6 Å². The molecule has 1 heterocycles. The van der Waals surface area contributed by atoms with Crippen molar-refractivity contribution in [2.75, 3.05) is 0 Å². The molecule has 1 atom stereocenters. The first-order chi connectivity index (χ1) is 12.1. The van der Waals surface area contributed by atoms with Crippen LogP contribution in [0.5, 0.6) is 0 Å². The first-order valence-corrected chi connectivity index (χ1v) is 8.32. The molecule has 0 aromatic heterocycles. The van der Waals surface area contributed by atoms with E-state index in [-0.39, 0.29) is 17.8 Å². The minimum atomic E-state index is -0.747. The Labute approximate surface area is 146 Å². The highest BCUT2D eigenvalue weighted by atomic mass is 16.6. The fourth-order valence-electron chi connectivity index (χ4n) is 2.97. The molecule has 0 bridgehead atoms. The fourth-order valence-corrected chi connectivity index (χ4v) is 2.97. The molecule has 1 aliphatic heterocycles. The molecule has 1 unspecified atom stereocenters. The van der Waals surface area contributed by atoms with Crippen LogP contribution < -0.4 is 0 Å². The first kappa shape index (κ1) is 17.0. The number of rotatable bonds is 6. The molecular formula is C21H20O4. The summed E-state index contributed by atoms with van der Waals surface area (Å²) < 4.78 is 5.21. The molecule has 0 spiro atoms. The van der Waals surface area contributed by atoms with Crippen molar-refractivity contribution in [1.82, 2.24) is 0 Å². The number of carbonyl (C=O) groups excluding carboxylic acids is 2. The van der Waals surface area contributed by atoms with Crippen molar-refractivity contribution in [3.05, 3.63) is 82.6 Å². The highest BCUT2D eigenvalue weighted by Gasteiger charge is 2.37. The van der Waals surface area contributed by atoms with Gasteiger partial charge in [-0.25, -0.2) is 4.79 Å². The summed E-state index contributed by atoms with van der Waals surface area (Å²) in [5, 5.41) is 10.3. The monoisotopic (exact) mass is 336 g/mol. The third kappa shape index (κ3) is 3.79. The van der Waals surface area contributed by atoms with E-state index >= 15 is 0 Å². The lowest BCUT2D eigenvalue weighted by molar-refractivity contribution is -0.141. The Morgan fingerprint density at radius 1 is 1.08 bits per heavy atom. The molecular weight excluding hydrogens is 316 g/mol. The summed E-state index contributed by atoms with van der Waals surface area (Å²) in [6.45, 7) is 1.91. The Balaban J connectivity index is 1.71. The molecule has 4 nitrogen and oxygen atoms in total. The summed E-state index contributed by atoms with van der Waals surface area (Å²) in [6.07, 6.45) is 0.431. The first-order valence-electron chi connectivity index (χ1n) is 8.32. The molecule has 0 fully saturated rings. The third-order valence-corrected chi connectivity index (χ3v) is 4.44. The number of ketones is 1. The highest BCUT2D eigenvalue weighted by Crippen LogP contribution is 2.26. The van der Waals surface area contributed by atoms with E-state index in [0.29, 0.717) is 12.8 Å². The van der Waals surface area contributed by atoms with Crippen molar-refractivity contribution in [1.29, 1.82) is 0 Å². The van der Waals surface area contributed by atoms with Gasteiger partial charge in [-0.3, -0.25) is 4.79 Å². The van der Waals surface area contributed by atoms with E-state index in [1.54, 1.807) is 0 Å². The number of hydrogen-bond acceptors (Lipinski definition) is 4. The van der Waals surface area contributed by atoms with Gasteiger partial charge in [0.1, 0.15) is 5.57 Å². The number of cyclic esters (lactones) is 1. The van der Waals surface area contributed by atoms with Gasteiger partial charge in [0.15, 0.2) is 17.6 Å². The van der Waals surface area contributed by atoms with E-state index in [0.717, 1.165) is 16.7 Å². The van der Waals surface area contributed by atoms with Gasteiger partial charge in [0, 0.05) is 6.42 Å². The van der Waals surface area contributed by atoms with Crippen LogP contribution >= 0.6 is 0 Å². The largest absolute Gasteiger partial charge is 0.507 e. The minimum Gasteiger partial charge on any atom is -0.507 e. The van der Waals surface area contributed by atoms with Crippen molar-refractivity contribution in [3.8, 4) is 0 Å². The Morgan fingerprint density at radius 2 is 1.76 bits per heavy atom. The van der Waals surface area contributed by atoms with E-state index in [1.807, 2.05) is 61.5 Å². The molecule has 2 aromatic rings. The van der Waals surface area contributed by atoms with E-state index in [1.165, 1.54) is 0 Å². The molecule has 0 saturated heterocycles. The number of aliphatic hydroxyl groups is 1. The molecule has 1 aliphatic rings. The molecule has 4 heteroatoms. The number of benzene rings is 2. The second kappa shape index (κ2) is 7.34. The van der Waals surface area contributed by atoms with Crippen LogP contribution in [-0.2, 0) is 27.2 Å². The molecule has 0 aliphatic carbocycles. The van der Waals surface area contributed by atoms with E-state index in [9.17, 15) is 14.7 Å². The summed E-state index contributed by atoms with van der Waals surface area (Å²) in [6, 6.07) is 17.2. The molecule has 25 heavy (non-hydrogen) atoms. The standard InChI is InChI=1S/C21H20O4/c1-14-7-5-6-10-16(14)13-17(22)19-20(23)18(25-21(19)24)12-11-15-8-3-2-4-9-15/h2-10,18,23H,11-13H2,1H3. The number of hydrogen-bond donors (Lipinski definition) is 1. The van der Waals surface area contributed by atoms with Crippen LogP contribution in [0, 0.1) is 6.92 Å². The predicted octanol–water partition coefficient (Wildman–Crippen LogP) is 3.48. The predicted molar refractivity (Wildman–Crippen MR) is 94.2 cm³/mol. The maximum Gasteiger partial charge on any atom is 0.346 e. The average Bonchev–Trinajstić information content (AvgIpc) is 2.90. The lowest BCUT2D eigenvalue weighted by Crippen LogP contribution is -2.14. The van der Waals surface area contributed by atoms with E-state index in [4.69, 9.17) is 4.74 Å². The molecule has 2 aromatic carbocycles. The van der Waals surface area contributed by atoms with E-state index in [2.05, 4.69) is 0 Å². The highest BCUT2D eigenvalue weighted by molar-refractivity contribution is 6.19. The topological polar surface area (TPSA) is 63.6 Å². The molecule has 1 N–H and O–H groups in total. The van der Waals surface area contributed by atoms with Gasteiger partial charge in [-0.05, 0) is 36.5 Å². The zero-order chi connectivity index (χ0) is 17.8. The zero-order valence-corrected chi connectivity index (χ0v) is 14.1. The van der Waals surface area contributed by atoms with Gasteiger partial charge in [0.05, 0.1) is 0 Å². The van der Waals surface area contributed by atoms with Crippen LogP contribution in [0.15, 0.2) is 65.9 Å². The summed E-state index contributed by atoms with van der Waals surface area (Å²) in [5.74, 6) is -1.37. The molecule has 128 valence electrons. The number of aryl methyl sites for hydroxylation is 2. The number of carbonyl (C=O) groups is 2. The van der Waals surface area contributed by atoms with Crippen molar-refractivity contribution in [2.24, 2.45) is 0 Å².